The zero-order valence-electron chi connectivity index (χ0n) is 12.0. The fourth-order valence-corrected chi connectivity index (χ4v) is 1.77. The molecule has 2 aromatic rings. The predicted octanol–water partition coefficient (Wildman–Crippen LogP) is 3.21. The van der Waals surface area contributed by atoms with Crippen LogP contribution in [0.25, 0.3) is 0 Å². The maximum atomic E-state index is 5.25. The highest BCUT2D eigenvalue weighted by Crippen LogP contribution is 2.22. The van der Waals surface area contributed by atoms with Crippen molar-refractivity contribution in [3.8, 4) is 5.75 Å². The van der Waals surface area contributed by atoms with Crippen LogP contribution in [0, 0.1) is 0 Å². The van der Waals surface area contributed by atoms with E-state index in [2.05, 4.69) is 27.6 Å². The number of nitrogens with one attached hydrogen (secondary N) is 1. The molecule has 0 aliphatic carbocycles. The standard InChI is InChI=1S/C16H19N3O/c1-19(2)14-10-8-13(9-11-14)12-17-18-15-6-4-5-7-16(15)20-3/h4-12,18H,1-3H3/b17-12+. The Hall–Kier alpha value is -2.49. The van der Waals surface area contributed by atoms with Gasteiger partial charge in [-0.1, -0.05) is 24.3 Å². The van der Waals surface area contributed by atoms with Crippen LogP contribution < -0.4 is 15.1 Å². The average Bonchev–Trinajstić information content (AvgIpc) is 2.48. The Balaban J connectivity index is 2.03. The summed E-state index contributed by atoms with van der Waals surface area (Å²) in [6.07, 6.45) is 1.78. The van der Waals surface area contributed by atoms with Gasteiger partial charge < -0.3 is 9.64 Å². The molecule has 0 aliphatic heterocycles. The molecule has 0 fully saturated rings. The van der Waals surface area contributed by atoms with Gasteiger partial charge in [0.15, 0.2) is 0 Å². The van der Waals surface area contributed by atoms with Crippen LogP contribution in [0.4, 0.5) is 11.4 Å². The van der Waals surface area contributed by atoms with Gasteiger partial charge in [0.05, 0.1) is 19.0 Å². The summed E-state index contributed by atoms with van der Waals surface area (Å²) >= 11 is 0. The van der Waals surface area contributed by atoms with Crippen LogP contribution >= 0.6 is 0 Å². The van der Waals surface area contributed by atoms with Crippen molar-refractivity contribution in [1.82, 2.24) is 0 Å². The number of hydrazone groups is 1. The molecule has 0 unspecified atom stereocenters. The largest absolute Gasteiger partial charge is 0.495 e. The van der Waals surface area contributed by atoms with Gasteiger partial charge in [0, 0.05) is 19.8 Å². The molecule has 2 rings (SSSR count). The van der Waals surface area contributed by atoms with Gasteiger partial charge in [0.2, 0.25) is 0 Å². The minimum absolute atomic E-state index is 0.771. The monoisotopic (exact) mass is 269 g/mol. The summed E-state index contributed by atoms with van der Waals surface area (Å²) in [5.74, 6) is 0.771. The molecular weight excluding hydrogens is 250 g/mol. The highest BCUT2D eigenvalue weighted by atomic mass is 16.5. The van der Waals surface area contributed by atoms with Crippen molar-refractivity contribution in [3.63, 3.8) is 0 Å². The molecule has 0 atom stereocenters. The van der Waals surface area contributed by atoms with Gasteiger partial charge >= 0.3 is 0 Å². The van der Waals surface area contributed by atoms with Gasteiger partial charge in [-0.05, 0) is 29.8 Å². The summed E-state index contributed by atoms with van der Waals surface area (Å²) in [5.41, 5.74) is 6.03. The quantitative estimate of drug-likeness (QED) is 0.669. The number of hydrogen-bond donors (Lipinski definition) is 1. The van der Waals surface area contributed by atoms with Gasteiger partial charge in [-0.2, -0.15) is 5.10 Å². The Bertz CT molecular complexity index is 577. The van der Waals surface area contributed by atoms with Gasteiger partial charge in [-0.3, -0.25) is 5.43 Å². The van der Waals surface area contributed by atoms with Crippen molar-refractivity contribution in [3.05, 3.63) is 54.1 Å². The molecule has 0 saturated carbocycles. The Morgan fingerprint density at radius 2 is 1.75 bits per heavy atom. The zero-order valence-corrected chi connectivity index (χ0v) is 12.0. The van der Waals surface area contributed by atoms with Crippen molar-refractivity contribution >= 4 is 17.6 Å². The summed E-state index contributed by atoms with van der Waals surface area (Å²) in [4.78, 5) is 2.06. The molecule has 4 nitrogen and oxygen atoms in total. The number of anilines is 2. The molecule has 0 bridgehead atoms. The summed E-state index contributed by atoms with van der Waals surface area (Å²) in [6, 6.07) is 15.9. The molecule has 0 aliphatic rings. The second-order valence-corrected chi connectivity index (χ2v) is 4.56. The molecule has 1 N–H and O–H groups in total. The van der Waals surface area contributed by atoms with E-state index in [1.54, 1.807) is 13.3 Å². The summed E-state index contributed by atoms with van der Waals surface area (Å²) in [7, 11) is 5.68. The van der Waals surface area contributed by atoms with Gasteiger partial charge in [0.25, 0.3) is 0 Å². The maximum absolute atomic E-state index is 5.25. The van der Waals surface area contributed by atoms with Crippen molar-refractivity contribution in [2.45, 2.75) is 0 Å². The lowest BCUT2D eigenvalue weighted by atomic mass is 10.2. The van der Waals surface area contributed by atoms with Crippen molar-refractivity contribution in [2.75, 3.05) is 31.5 Å². The van der Waals surface area contributed by atoms with Crippen LogP contribution in [-0.4, -0.2) is 27.4 Å². The van der Waals surface area contributed by atoms with Gasteiger partial charge in [0.1, 0.15) is 5.75 Å². The average molecular weight is 269 g/mol. The lowest BCUT2D eigenvalue weighted by Gasteiger charge is -2.11. The summed E-state index contributed by atoms with van der Waals surface area (Å²) in [5, 5.41) is 4.23. The molecule has 0 saturated heterocycles. The van der Waals surface area contributed by atoms with Crippen molar-refractivity contribution in [2.24, 2.45) is 5.10 Å². The molecule has 0 amide bonds. The number of nitrogens with zero attached hydrogens (tertiary/aromatic N) is 2. The molecule has 0 heterocycles. The van der Waals surface area contributed by atoms with E-state index < -0.39 is 0 Å². The Morgan fingerprint density at radius 1 is 1.05 bits per heavy atom. The molecule has 104 valence electrons. The van der Waals surface area contributed by atoms with Crippen LogP contribution in [0.2, 0.25) is 0 Å². The first-order valence-corrected chi connectivity index (χ1v) is 6.40. The minimum Gasteiger partial charge on any atom is -0.495 e. The molecule has 0 spiro atoms. The van der Waals surface area contributed by atoms with E-state index in [-0.39, 0.29) is 0 Å². The summed E-state index contributed by atoms with van der Waals surface area (Å²) in [6.45, 7) is 0. The van der Waals surface area contributed by atoms with E-state index in [0.29, 0.717) is 0 Å². The topological polar surface area (TPSA) is 36.9 Å². The van der Waals surface area contributed by atoms with Crippen LogP contribution in [-0.2, 0) is 0 Å². The Labute approximate surface area is 119 Å². The molecular formula is C16H19N3O. The first-order chi connectivity index (χ1) is 9.70. The number of hydrogen-bond acceptors (Lipinski definition) is 4. The highest BCUT2D eigenvalue weighted by molar-refractivity contribution is 5.81. The van der Waals surface area contributed by atoms with E-state index in [1.807, 2.05) is 50.5 Å². The molecule has 4 heteroatoms. The molecule has 2 aromatic carbocycles. The lowest BCUT2D eigenvalue weighted by molar-refractivity contribution is 0.416. The third kappa shape index (κ3) is 3.51. The van der Waals surface area contributed by atoms with Crippen LogP contribution in [0.1, 0.15) is 5.56 Å². The zero-order chi connectivity index (χ0) is 14.4. The van der Waals surface area contributed by atoms with Crippen molar-refractivity contribution in [1.29, 1.82) is 0 Å². The van der Waals surface area contributed by atoms with E-state index in [0.717, 1.165) is 17.0 Å². The highest BCUT2D eigenvalue weighted by Gasteiger charge is 1.98. The first kappa shape index (κ1) is 13.9. The second kappa shape index (κ2) is 6.61. The van der Waals surface area contributed by atoms with E-state index in [4.69, 9.17) is 4.74 Å². The van der Waals surface area contributed by atoms with E-state index in [9.17, 15) is 0 Å². The van der Waals surface area contributed by atoms with Gasteiger partial charge in [-0.25, -0.2) is 0 Å². The van der Waals surface area contributed by atoms with Crippen LogP contribution in [0.5, 0.6) is 5.75 Å². The predicted molar refractivity (Wildman–Crippen MR) is 85.0 cm³/mol. The lowest BCUT2D eigenvalue weighted by Crippen LogP contribution is -2.08. The smallest absolute Gasteiger partial charge is 0.143 e. The Kier molecular flexibility index (Phi) is 4.60. The number of benzene rings is 2. The number of ether oxygens (including phenoxy) is 1. The summed E-state index contributed by atoms with van der Waals surface area (Å²) < 4.78 is 5.25. The fourth-order valence-electron chi connectivity index (χ4n) is 1.77. The Morgan fingerprint density at radius 3 is 2.40 bits per heavy atom. The van der Waals surface area contributed by atoms with E-state index in [1.165, 1.54) is 5.69 Å². The first-order valence-electron chi connectivity index (χ1n) is 6.40. The number of rotatable bonds is 5. The number of methoxy groups -OCH3 is 1. The maximum Gasteiger partial charge on any atom is 0.143 e. The van der Waals surface area contributed by atoms with E-state index >= 15 is 0 Å². The molecule has 20 heavy (non-hydrogen) atoms. The third-order valence-electron chi connectivity index (χ3n) is 2.92. The second-order valence-electron chi connectivity index (χ2n) is 4.56. The number of para-hydroxylation sites is 2. The normalized spacial score (nSPS) is 10.6. The van der Waals surface area contributed by atoms with Crippen molar-refractivity contribution < 1.29 is 4.74 Å². The van der Waals surface area contributed by atoms with Crippen LogP contribution in [0.15, 0.2) is 53.6 Å². The van der Waals surface area contributed by atoms with Gasteiger partial charge in [-0.15, -0.1) is 0 Å². The van der Waals surface area contributed by atoms with Crippen LogP contribution in [0.3, 0.4) is 0 Å². The SMILES string of the molecule is COc1ccccc1N/N=C/c1ccc(N(C)C)cc1. The molecule has 0 aromatic heterocycles. The third-order valence-corrected chi connectivity index (χ3v) is 2.92. The molecule has 0 radical (unpaired) electrons. The fraction of sp³-hybridized carbons (Fsp3) is 0.188. The minimum atomic E-state index is 0.771.